The Labute approximate surface area is 103 Å². The van der Waals surface area contributed by atoms with Crippen LogP contribution in [0.15, 0.2) is 18.2 Å². The average Bonchev–Trinajstić information content (AvgIpc) is 2.30. The lowest BCUT2D eigenvalue weighted by Gasteiger charge is -2.44. The Hall–Kier alpha value is -1.11. The van der Waals surface area contributed by atoms with E-state index in [1.165, 1.54) is 17.5 Å². The van der Waals surface area contributed by atoms with Gasteiger partial charge in [-0.3, -0.25) is 4.79 Å². The highest BCUT2D eigenvalue weighted by atomic mass is 16.1. The van der Waals surface area contributed by atoms with Crippen molar-refractivity contribution in [3.63, 3.8) is 0 Å². The van der Waals surface area contributed by atoms with Gasteiger partial charge >= 0.3 is 0 Å². The Morgan fingerprint density at radius 2 is 2.12 bits per heavy atom. The molecule has 1 aromatic rings. The molecule has 0 spiro atoms. The van der Waals surface area contributed by atoms with Gasteiger partial charge in [-0.2, -0.15) is 0 Å². The number of hydrogen-bond donors (Lipinski definition) is 0. The first-order chi connectivity index (χ1) is 8.18. The third-order valence-electron chi connectivity index (χ3n) is 4.75. The first-order valence-corrected chi connectivity index (χ1v) is 6.79. The van der Waals surface area contributed by atoms with Crippen LogP contribution in [-0.2, 0) is 4.79 Å². The molecule has 0 saturated heterocycles. The summed E-state index contributed by atoms with van der Waals surface area (Å²) in [6, 6.07) is 6.63. The van der Waals surface area contributed by atoms with Crippen LogP contribution in [0, 0.1) is 12.8 Å². The van der Waals surface area contributed by atoms with Gasteiger partial charge in [-0.1, -0.05) is 25.1 Å². The molecule has 0 N–H and O–H groups in total. The van der Waals surface area contributed by atoms with Crippen LogP contribution in [0.2, 0.25) is 0 Å². The Morgan fingerprint density at radius 3 is 2.88 bits per heavy atom. The summed E-state index contributed by atoms with van der Waals surface area (Å²) in [6.07, 6.45) is 3.99. The Bertz CT molecular complexity index is 461. The van der Waals surface area contributed by atoms with Gasteiger partial charge in [-0.05, 0) is 54.2 Å². The second kappa shape index (κ2) is 3.97. The van der Waals surface area contributed by atoms with E-state index >= 15 is 0 Å². The van der Waals surface area contributed by atoms with Crippen molar-refractivity contribution >= 4 is 5.78 Å². The molecule has 0 bridgehead atoms. The SMILES string of the molecule is Cc1cccc2c1[C@@H](C1CCCC(=O)C1)[C@H]2C. The van der Waals surface area contributed by atoms with Crippen molar-refractivity contribution in [3.8, 4) is 0 Å². The zero-order valence-electron chi connectivity index (χ0n) is 10.7. The van der Waals surface area contributed by atoms with Crippen LogP contribution in [0.25, 0.3) is 0 Å². The fourth-order valence-corrected chi connectivity index (χ4v) is 3.91. The molecule has 0 amide bonds. The van der Waals surface area contributed by atoms with Crippen LogP contribution in [0.3, 0.4) is 0 Å². The van der Waals surface area contributed by atoms with E-state index in [1.54, 1.807) is 5.56 Å². The first kappa shape index (κ1) is 11.0. The van der Waals surface area contributed by atoms with E-state index < -0.39 is 0 Å². The summed E-state index contributed by atoms with van der Waals surface area (Å²) in [5.74, 6) is 2.39. The monoisotopic (exact) mass is 228 g/mol. The minimum absolute atomic E-state index is 0.482. The lowest BCUT2D eigenvalue weighted by Crippen LogP contribution is -2.32. The molecular formula is C16H20O. The summed E-state index contributed by atoms with van der Waals surface area (Å²) in [4.78, 5) is 11.6. The van der Waals surface area contributed by atoms with E-state index in [0.717, 1.165) is 19.3 Å². The number of carbonyl (C=O) groups is 1. The van der Waals surface area contributed by atoms with E-state index in [1.807, 2.05) is 0 Å². The van der Waals surface area contributed by atoms with Gasteiger partial charge in [-0.25, -0.2) is 0 Å². The zero-order chi connectivity index (χ0) is 12.0. The van der Waals surface area contributed by atoms with Gasteiger partial charge in [0.15, 0.2) is 0 Å². The summed E-state index contributed by atoms with van der Waals surface area (Å²) in [5.41, 5.74) is 4.50. The molecule has 0 aliphatic heterocycles. The van der Waals surface area contributed by atoms with Crippen molar-refractivity contribution in [2.45, 2.75) is 51.4 Å². The van der Waals surface area contributed by atoms with Gasteiger partial charge in [0.25, 0.3) is 0 Å². The summed E-state index contributed by atoms with van der Waals surface area (Å²) in [6.45, 7) is 4.54. The Kier molecular flexibility index (Phi) is 2.57. The normalized spacial score (nSPS) is 31.9. The van der Waals surface area contributed by atoms with Crippen molar-refractivity contribution in [2.24, 2.45) is 5.92 Å². The van der Waals surface area contributed by atoms with Gasteiger partial charge in [0.05, 0.1) is 0 Å². The minimum Gasteiger partial charge on any atom is -0.300 e. The molecule has 3 rings (SSSR count). The van der Waals surface area contributed by atoms with Crippen molar-refractivity contribution in [2.75, 3.05) is 0 Å². The summed E-state index contributed by atoms with van der Waals surface area (Å²) in [7, 11) is 0. The van der Waals surface area contributed by atoms with Crippen molar-refractivity contribution < 1.29 is 4.79 Å². The number of aryl methyl sites for hydroxylation is 1. The predicted molar refractivity (Wildman–Crippen MR) is 69.3 cm³/mol. The lowest BCUT2D eigenvalue weighted by atomic mass is 9.59. The minimum atomic E-state index is 0.482. The third kappa shape index (κ3) is 1.64. The van der Waals surface area contributed by atoms with Crippen LogP contribution < -0.4 is 0 Å². The zero-order valence-corrected chi connectivity index (χ0v) is 10.7. The molecule has 3 atom stereocenters. The number of carbonyl (C=O) groups excluding carboxylic acids is 1. The number of ketones is 1. The van der Waals surface area contributed by atoms with Crippen molar-refractivity contribution in [1.82, 2.24) is 0 Å². The highest BCUT2D eigenvalue weighted by Crippen LogP contribution is 2.54. The molecule has 17 heavy (non-hydrogen) atoms. The van der Waals surface area contributed by atoms with E-state index in [-0.39, 0.29) is 0 Å². The maximum Gasteiger partial charge on any atom is 0.133 e. The Morgan fingerprint density at radius 1 is 1.29 bits per heavy atom. The summed E-state index contributed by atoms with van der Waals surface area (Å²) < 4.78 is 0. The second-order valence-electron chi connectivity index (χ2n) is 5.79. The summed E-state index contributed by atoms with van der Waals surface area (Å²) in [5, 5.41) is 0. The molecule has 0 heterocycles. The molecular weight excluding hydrogens is 208 g/mol. The average molecular weight is 228 g/mol. The van der Waals surface area contributed by atoms with Gasteiger partial charge in [-0.15, -0.1) is 0 Å². The topological polar surface area (TPSA) is 17.1 Å². The number of benzene rings is 1. The first-order valence-electron chi connectivity index (χ1n) is 6.79. The predicted octanol–water partition coefficient (Wildman–Crippen LogP) is 3.96. The van der Waals surface area contributed by atoms with Crippen LogP contribution in [0.5, 0.6) is 0 Å². The maximum absolute atomic E-state index is 11.6. The molecule has 0 aromatic heterocycles. The molecule has 1 aromatic carbocycles. The fourth-order valence-electron chi connectivity index (χ4n) is 3.91. The van der Waals surface area contributed by atoms with Gasteiger partial charge in [0.1, 0.15) is 5.78 Å². The number of hydrogen-bond acceptors (Lipinski definition) is 1. The molecule has 2 aliphatic carbocycles. The largest absolute Gasteiger partial charge is 0.300 e. The quantitative estimate of drug-likeness (QED) is 0.711. The lowest BCUT2D eigenvalue weighted by molar-refractivity contribution is -0.121. The molecule has 1 heteroatoms. The summed E-state index contributed by atoms with van der Waals surface area (Å²) >= 11 is 0. The van der Waals surface area contributed by atoms with E-state index in [9.17, 15) is 4.79 Å². The number of Topliss-reactive ketones (excluding diaryl/α,β-unsaturated/α-hetero) is 1. The maximum atomic E-state index is 11.6. The second-order valence-corrected chi connectivity index (χ2v) is 5.79. The number of fused-ring (bicyclic) bond motifs is 1. The van der Waals surface area contributed by atoms with Crippen LogP contribution >= 0.6 is 0 Å². The van der Waals surface area contributed by atoms with Crippen LogP contribution in [0.1, 0.15) is 61.1 Å². The highest BCUT2D eigenvalue weighted by molar-refractivity contribution is 5.79. The molecule has 90 valence electrons. The van der Waals surface area contributed by atoms with Crippen LogP contribution in [-0.4, -0.2) is 5.78 Å². The molecule has 1 nitrogen and oxygen atoms in total. The number of rotatable bonds is 1. The standard InChI is InChI=1S/C16H20O/c1-10-5-3-8-14-11(2)16(15(10)14)12-6-4-7-13(17)9-12/h3,5,8,11-12,16H,4,6-7,9H2,1-2H3/t11-,12?,16+/m0/s1. The molecule has 1 unspecified atom stereocenters. The van der Waals surface area contributed by atoms with E-state index in [2.05, 4.69) is 32.0 Å². The van der Waals surface area contributed by atoms with Crippen LogP contribution in [0.4, 0.5) is 0 Å². The fraction of sp³-hybridized carbons (Fsp3) is 0.562. The van der Waals surface area contributed by atoms with Gasteiger partial charge in [0, 0.05) is 12.8 Å². The highest BCUT2D eigenvalue weighted by Gasteiger charge is 2.41. The van der Waals surface area contributed by atoms with E-state index in [0.29, 0.717) is 23.5 Å². The smallest absolute Gasteiger partial charge is 0.133 e. The van der Waals surface area contributed by atoms with E-state index in [4.69, 9.17) is 0 Å². The third-order valence-corrected chi connectivity index (χ3v) is 4.75. The molecule has 1 saturated carbocycles. The molecule has 1 fully saturated rings. The van der Waals surface area contributed by atoms with Gasteiger partial charge in [0.2, 0.25) is 0 Å². The Balaban J connectivity index is 1.90. The van der Waals surface area contributed by atoms with Crippen molar-refractivity contribution in [1.29, 1.82) is 0 Å². The molecule has 0 radical (unpaired) electrons. The van der Waals surface area contributed by atoms with Crippen molar-refractivity contribution in [3.05, 3.63) is 34.9 Å². The van der Waals surface area contributed by atoms with Gasteiger partial charge < -0.3 is 0 Å². The molecule has 2 aliphatic rings.